The molecule has 0 amide bonds. The first-order valence-corrected chi connectivity index (χ1v) is 5.24. The Bertz CT molecular complexity index is 191. The average molecular weight is 183 g/mol. The van der Waals surface area contributed by atoms with E-state index in [1.165, 1.54) is 25.7 Å². The molecule has 0 aromatic rings. The van der Waals surface area contributed by atoms with Crippen molar-refractivity contribution in [1.82, 2.24) is 0 Å². The Morgan fingerprint density at radius 3 is 2.69 bits per heavy atom. The maximum absolute atomic E-state index is 8.75. The van der Waals surface area contributed by atoms with E-state index < -0.39 is 0 Å². The summed E-state index contributed by atoms with van der Waals surface area (Å²) in [6.45, 7) is 6.78. The van der Waals surface area contributed by atoms with Gasteiger partial charge in [-0.15, -0.1) is 0 Å². The van der Waals surface area contributed by atoms with Gasteiger partial charge in [-0.1, -0.05) is 25.9 Å². The van der Waals surface area contributed by atoms with Gasteiger partial charge >= 0.3 is 0 Å². The molecule has 2 nitrogen and oxygen atoms in total. The molecule has 0 heterocycles. The molecule has 76 valence electrons. The van der Waals surface area contributed by atoms with E-state index in [-0.39, 0.29) is 0 Å². The van der Waals surface area contributed by atoms with Gasteiger partial charge in [0.1, 0.15) is 0 Å². The second-order valence-electron chi connectivity index (χ2n) is 5.28. The first kappa shape index (κ1) is 10.6. The van der Waals surface area contributed by atoms with E-state index in [0.717, 1.165) is 12.1 Å². The van der Waals surface area contributed by atoms with E-state index in [9.17, 15) is 0 Å². The largest absolute Gasteiger partial charge is 0.411 e. The van der Waals surface area contributed by atoms with E-state index in [1.54, 1.807) is 0 Å². The number of nitrogens with zero attached hydrogens (tertiary/aromatic N) is 1. The molecule has 13 heavy (non-hydrogen) atoms. The lowest BCUT2D eigenvalue weighted by molar-refractivity contribution is 0.309. The predicted octanol–water partition coefficient (Wildman–Crippen LogP) is 3.44. The molecular formula is C11H21NO. The van der Waals surface area contributed by atoms with Crippen LogP contribution in [0.4, 0.5) is 0 Å². The summed E-state index contributed by atoms with van der Waals surface area (Å²) in [5, 5.41) is 12.1. The Morgan fingerprint density at radius 1 is 1.46 bits per heavy atom. The zero-order valence-corrected chi connectivity index (χ0v) is 9.01. The highest BCUT2D eigenvalue weighted by atomic mass is 16.4. The van der Waals surface area contributed by atoms with E-state index in [2.05, 4.69) is 25.9 Å². The minimum Gasteiger partial charge on any atom is -0.411 e. The molecule has 1 rings (SSSR count). The molecule has 1 N–H and O–H groups in total. The molecule has 1 unspecified atom stereocenters. The highest BCUT2D eigenvalue weighted by Crippen LogP contribution is 2.31. The Labute approximate surface area is 81.0 Å². The van der Waals surface area contributed by atoms with Crippen LogP contribution in [0, 0.1) is 11.3 Å². The van der Waals surface area contributed by atoms with Crippen LogP contribution in [0.1, 0.15) is 52.9 Å². The van der Waals surface area contributed by atoms with Crippen molar-refractivity contribution in [2.45, 2.75) is 52.9 Å². The maximum Gasteiger partial charge on any atom is 0.0601 e. The molecule has 0 saturated heterocycles. The molecule has 1 saturated carbocycles. The van der Waals surface area contributed by atoms with Gasteiger partial charge in [-0.2, -0.15) is 0 Å². The third-order valence-corrected chi connectivity index (χ3v) is 2.83. The number of oxime groups is 1. The second-order valence-corrected chi connectivity index (χ2v) is 5.28. The summed E-state index contributed by atoms with van der Waals surface area (Å²) in [7, 11) is 0. The SMILES string of the molecule is CC(C)(C)CCC1CCC/C1=N/O. The molecule has 0 spiro atoms. The molecule has 0 aliphatic heterocycles. The van der Waals surface area contributed by atoms with Crippen molar-refractivity contribution < 1.29 is 5.21 Å². The zero-order valence-electron chi connectivity index (χ0n) is 9.01. The molecule has 2 heteroatoms. The van der Waals surface area contributed by atoms with Crippen molar-refractivity contribution in [2.24, 2.45) is 16.5 Å². The van der Waals surface area contributed by atoms with Gasteiger partial charge in [-0.25, -0.2) is 0 Å². The van der Waals surface area contributed by atoms with Crippen LogP contribution in [-0.4, -0.2) is 10.9 Å². The molecule has 1 aliphatic rings. The van der Waals surface area contributed by atoms with Crippen molar-refractivity contribution in [1.29, 1.82) is 0 Å². The quantitative estimate of drug-likeness (QED) is 0.516. The lowest BCUT2D eigenvalue weighted by Crippen LogP contribution is -2.12. The van der Waals surface area contributed by atoms with Crippen LogP contribution >= 0.6 is 0 Å². The third-order valence-electron chi connectivity index (χ3n) is 2.83. The predicted molar refractivity (Wildman–Crippen MR) is 55.3 cm³/mol. The monoisotopic (exact) mass is 183 g/mol. The third kappa shape index (κ3) is 3.37. The van der Waals surface area contributed by atoms with Crippen LogP contribution in [-0.2, 0) is 0 Å². The summed E-state index contributed by atoms with van der Waals surface area (Å²) in [4.78, 5) is 0. The number of hydrogen-bond donors (Lipinski definition) is 1. The first-order valence-electron chi connectivity index (χ1n) is 5.24. The minimum absolute atomic E-state index is 0.406. The summed E-state index contributed by atoms with van der Waals surface area (Å²) in [5.41, 5.74) is 1.44. The van der Waals surface area contributed by atoms with Crippen LogP contribution in [0.25, 0.3) is 0 Å². The van der Waals surface area contributed by atoms with E-state index in [0.29, 0.717) is 11.3 Å². The highest BCUT2D eigenvalue weighted by molar-refractivity contribution is 5.87. The van der Waals surface area contributed by atoms with Crippen LogP contribution in [0.15, 0.2) is 5.16 Å². The van der Waals surface area contributed by atoms with E-state index >= 15 is 0 Å². The summed E-state index contributed by atoms with van der Waals surface area (Å²) >= 11 is 0. The molecular weight excluding hydrogens is 162 g/mol. The molecule has 0 aromatic heterocycles. The standard InChI is InChI=1S/C11H21NO/c1-11(2,3)8-7-9-5-4-6-10(9)12-13/h9,13H,4-8H2,1-3H3/b12-10-. The highest BCUT2D eigenvalue weighted by Gasteiger charge is 2.24. The molecule has 1 fully saturated rings. The Balaban J connectivity index is 2.37. The van der Waals surface area contributed by atoms with Gasteiger partial charge in [0.2, 0.25) is 0 Å². The summed E-state index contributed by atoms with van der Waals surface area (Å²) in [5.74, 6) is 0.559. The van der Waals surface area contributed by atoms with Crippen molar-refractivity contribution in [3.63, 3.8) is 0 Å². The maximum atomic E-state index is 8.75. The Kier molecular flexibility index (Phi) is 3.34. The van der Waals surface area contributed by atoms with Crippen LogP contribution in [0.3, 0.4) is 0 Å². The van der Waals surface area contributed by atoms with Gasteiger partial charge < -0.3 is 5.21 Å². The topological polar surface area (TPSA) is 32.6 Å². The number of hydrogen-bond acceptors (Lipinski definition) is 2. The van der Waals surface area contributed by atoms with Crippen molar-refractivity contribution in [2.75, 3.05) is 0 Å². The molecule has 0 aromatic carbocycles. The van der Waals surface area contributed by atoms with Gasteiger partial charge in [-0.05, 0) is 37.5 Å². The van der Waals surface area contributed by atoms with Crippen LogP contribution < -0.4 is 0 Å². The van der Waals surface area contributed by atoms with E-state index in [4.69, 9.17) is 5.21 Å². The normalized spacial score (nSPS) is 27.0. The second kappa shape index (κ2) is 4.12. The van der Waals surface area contributed by atoms with Gasteiger partial charge in [-0.3, -0.25) is 0 Å². The van der Waals surface area contributed by atoms with E-state index in [1.807, 2.05) is 0 Å². The van der Waals surface area contributed by atoms with Gasteiger partial charge in [0.05, 0.1) is 5.71 Å². The van der Waals surface area contributed by atoms with Gasteiger partial charge in [0.15, 0.2) is 0 Å². The lowest BCUT2D eigenvalue weighted by Gasteiger charge is -2.20. The van der Waals surface area contributed by atoms with Crippen LogP contribution in [0.5, 0.6) is 0 Å². The van der Waals surface area contributed by atoms with Crippen LogP contribution in [0.2, 0.25) is 0 Å². The van der Waals surface area contributed by atoms with Crippen molar-refractivity contribution in [3.05, 3.63) is 0 Å². The lowest BCUT2D eigenvalue weighted by atomic mass is 9.86. The fraction of sp³-hybridized carbons (Fsp3) is 0.909. The summed E-state index contributed by atoms with van der Waals surface area (Å²) < 4.78 is 0. The van der Waals surface area contributed by atoms with Gasteiger partial charge in [0, 0.05) is 5.92 Å². The van der Waals surface area contributed by atoms with Crippen molar-refractivity contribution >= 4 is 5.71 Å². The van der Waals surface area contributed by atoms with Crippen molar-refractivity contribution in [3.8, 4) is 0 Å². The molecule has 1 aliphatic carbocycles. The Hall–Kier alpha value is -0.530. The molecule has 0 radical (unpaired) electrons. The number of rotatable bonds is 2. The fourth-order valence-corrected chi connectivity index (χ4v) is 1.95. The van der Waals surface area contributed by atoms with Gasteiger partial charge in [0.25, 0.3) is 0 Å². The summed E-state index contributed by atoms with van der Waals surface area (Å²) in [6.07, 6.45) is 5.83. The summed E-state index contributed by atoms with van der Waals surface area (Å²) in [6, 6.07) is 0. The molecule has 0 bridgehead atoms. The smallest absolute Gasteiger partial charge is 0.0601 e. The average Bonchev–Trinajstić information content (AvgIpc) is 2.46. The molecule has 1 atom stereocenters. The fourth-order valence-electron chi connectivity index (χ4n) is 1.95. The zero-order chi connectivity index (χ0) is 9.90. The first-order chi connectivity index (χ1) is 6.03. The Morgan fingerprint density at radius 2 is 2.15 bits per heavy atom. The minimum atomic E-state index is 0.406.